The van der Waals surface area contributed by atoms with Crippen LogP contribution < -0.4 is 4.74 Å². The highest BCUT2D eigenvalue weighted by Crippen LogP contribution is 2.34. The van der Waals surface area contributed by atoms with Gasteiger partial charge in [-0.05, 0) is 35.7 Å². The number of aryl methyl sites for hydroxylation is 1. The molecule has 0 heterocycles. The minimum Gasteiger partial charge on any atom is -0.488 e. The van der Waals surface area contributed by atoms with Gasteiger partial charge in [-0.25, -0.2) is 0 Å². The van der Waals surface area contributed by atoms with Crippen molar-refractivity contribution in [3.8, 4) is 16.9 Å². The van der Waals surface area contributed by atoms with Crippen LogP contribution in [-0.4, -0.2) is 4.92 Å². The zero-order valence-electron chi connectivity index (χ0n) is 13.3. The Morgan fingerprint density at radius 3 is 2.33 bits per heavy atom. The molecule has 0 fully saturated rings. The summed E-state index contributed by atoms with van der Waals surface area (Å²) in [7, 11) is 0. The SMILES string of the molecule is Cc1cc([N+](=O)[O-])ccc1-c1ccccc1OCc1ccccc1. The van der Waals surface area contributed by atoms with E-state index in [0.717, 1.165) is 28.0 Å². The fourth-order valence-corrected chi connectivity index (χ4v) is 2.61. The molecule has 3 aromatic carbocycles. The number of rotatable bonds is 5. The molecule has 4 nitrogen and oxygen atoms in total. The number of hydrogen-bond acceptors (Lipinski definition) is 3. The van der Waals surface area contributed by atoms with Gasteiger partial charge in [0.05, 0.1) is 4.92 Å². The van der Waals surface area contributed by atoms with E-state index < -0.39 is 0 Å². The minimum atomic E-state index is -0.380. The van der Waals surface area contributed by atoms with E-state index in [9.17, 15) is 10.1 Å². The summed E-state index contributed by atoms with van der Waals surface area (Å²) in [5.74, 6) is 0.762. The maximum absolute atomic E-state index is 10.9. The van der Waals surface area contributed by atoms with Crippen molar-refractivity contribution in [3.05, 3.63) is 94.0 Å². The first kappa shape index (κ1) is 15.7. The van der Waals surface area contributed by atoms with Gasteiger partial charge in [0, 0.05) is 17.7 Å². The summed E-state index contributed by atoms with van der Waals surface area (Å²) in [5, 5.41) is 10.9. The summed E-state index contributed by atoms with van der Waals surface area (Å²) in [6.07, 6.45) is 0. The number of ether oxygens (including phenoxy) is 1. The third kappa shape index (κ3) is 3.43. The van der Waals surface area contributed by atoms with Crippen LogP contribution in [0.15, 0.2) is 72.8 Å². The topological polar surface area (TPSA) is 52.4 Å². The number of nitrogens with zero attached hydrogens (tertiary/aromatic N) is 1. The van der Waals surface area contributed by atoms with Crippen molar-refractivity contribution >= 4 is 5.69 Å². The predicted octanol–water partition coefficient (Wildman–Crippen LogP) is 5.15. The maximum atomic E-state index is 10.9. The summed E-state index contributed by atoms with van der Waals surface area (Å²) in [5.41, 5.74) is 3.90. The molecule has 0 spiro atoms. The van der Waals surface area contributed by atoms with Gasteiger partial charge in [-0.3, -0.25) is 10.1 Å². The van der Waals surface area contributed by atoms with Crippen molar-refractivity contribution in [2.24, 2.45) is 0 Å². The Hall–Kier alpha value is -3.14. The number of nitro groups is 1. The van der Waals surface area contributed by atoms with Crippen LogP contribution in [0, 0.1) is 17.0 Å². The van der Waals surface area contributed by atoms with Gasteiger partial charge < -0.3 is 4.74 Å². The van der Waals surface area contributed by atoms with Gasteiger partial charge in [0.25, 0.3) is 5.69 Å². The van der Waals surface area contributed by atoms with Crippen molar-refractivity contribution in [2.45, 2.75) is 13.5 Å². The molecule has 120 valence electrons. The molecule has 0 saturated carbocycles. The van der Waals surface area contributed by atoms with Gasteiger partial charge in [0.2, 0.25) is 0 Å². The monoisotopic (exact) mass is 319 g/mol. The van der Waals surface area contributed by atoms with E-state index in [1.54, 1.807) is 12.1 Å². The van der Waals surface area contributed by atoms with Crippen molar-refractivity contribution in [3.63, 3.8) is 0 Å². The second-order valence-corrected chi connectivity index (χ2v) is 5.53. The fraction of sp³-hybridized carbons (Fsp3) is 0.100. The zero-order chi connectivity index (χ0) is 16.9. The van der Waals surface area contributed by atoms with Gasteiger partial charge in [-0.15, -0.1) is 0 Å². The lowest BCUT2D eigenvalue weighted by atomic mass is 9.99. The number of nitro benzene ring substituents is 1. The van der Waals surface area contributed by atoms with E-state index in [0.29, 0.717) is 6.61 Å². The molecule has 4 heteroatoms. The first-order chi connectivity index (χ1) is 11.6. The lowest BCUT2D eigenvalue weighted by Gasteiger charge is -2.13. The molecule has 0 aliphatic heterocycles. The van der Waals surface area contributed by atoms with Gasteiger partial charge in [0.15, 0.2) is 0 Å². The summed E-state index contributed by atoms with van der Waals surface area (Å²) in [6.45, 7) is 2.35. The molecule has 0 aliphatic rings. The zero-order valence-corrected chi connectivity index (χ0v) is 13.3. The molecule has 0 saturated heterocycles. The van der Waals surface area contributed by atoms with E-state index in [4.69, 9.17) is 4.74 Å². The Morgan fingerprint density at radius 2 is 1.62 bits per heavy atom. The van der Waals surface area contributed by atoms with Gasteiger partial charge >= 0.3 is 0 Å². The van der Waals surface area contributed by atoms with Crippen LogP contribution in [0.1, 0.15) is 11.1 Å². The normalized spacial score (nSPS) is 10.4. The molecule has 0 atom stereocenters. The molecule has 0 radical (unpaired) electrons. The van der Waals surface area contributed by atoms with E-state index in [1.165, 1.54) is 6.07 Å². The van der Waals surface area contributed by atoms with E-state index in [2.05, 4.69) is 0 Å². The molecule has 24 heavy (non-hydrogen) atoms. The Labute approximate surface area is 140 Å². The van der Waals surface area contributed by atoms with Gasteiger partial charge in [0.1, 0.15) is 12.4 Å². The smallest absolute Gasteiger partial charge is 0.269 e. The number of benzene rings is 3. The van der Waals surface area contributed by atoms with Crippen molar-refractivity contribution in [1.82, 2.24) is 0 Å². The molecule has 0 amide bonds. The molecular formula is C20H17NO3. The van der Waals surface area contributed by atoms with Crippen LogP contribution in [0.2, 0.25) is 0 Å². The van der Waals surface area contributed by atoms with Crippen LogP contribution in [0.25, 0.3) is 11.1 Å². The van der Waals surface area contributed by atoms with Crippen LogP contribution >= 0.6 is 0 Å². The first-order valence-electron chi connectivity index (χ1n) is 7.66. The minimum absolute atomic E-state index is 0.0962. The highest BCUT2D eigenvalue weighted by molar-refractivity contribution is 5.74. The van der Waals surface area contributed by atoms with Crippen LogP contribution in [-0.2, 0) is 6.61 Å². The molecular weight excluding hydrogens is 302 g/mol. The molecule has 0 aliphatic carbocycles. The number of para-hydroxylation sites is 1. The van der Waals surface area contributed by atoms with Gasteiger partial charge in [-0.2, -0.15) is 0 Å². The van der Waals surface area contributed by atoms with Crippen molar-refractivity contribution < 1.29 is 9.66 Å². The third-order valence-corrected chi connectivity index (χ3v) is 3.84. The quantitative estimate of drug-likeness (QED) is 0.483. The largest absolute Gasteiger partial charge is 0.488 e. The van der Waals surface area contributed by atoms with Crippen molar-refractivity contribution in [1.29, 1.82) is 0 Å². The lowest BCUT2D eigenvalue weighted by Crippen LogP contribution is -1.97. The van der Waals surface area contributed by atoms with Crippen LogP contribution in [0.5, 0.6) is 5.75 Å². The third-order valence-electron chi connectivity index (χ3n) is 3.84. The van der Waals surface area contributed by atoms with E-state index in [1.807, 2.05) is 61.5 Å². The summed E-state index contributed by atoms with van der Waals surface area (Å²) in [4.78, 5) is 10.5. The highest BCUT2D eigenvalue weighted by Gasteiger charge is 2.12. The van der Waals surface area contributed by atoms with Gasteiger partial charge in [-0.1, -0.05) is 48.5 Å². The maximum Gasteiger partial charge on any atom is 0.269 e. The standard InChI is InChI=1S/C20H17NO3/c1-15-13-17(21(22)23)11-12-18(15)19-9-5-6-10-20(19)24-14-16-7-3-2-4-8-16/h2-13H,14H2,1H3. The average molecular weight is 319 g/mol. The molecule has 0 bridgehead atoms. The fourth-order valence-electron chi connectivity index (χ4n) is 2.61. The van der Waals surface area contributed by atoms with Crippen LogP contribution in [0.4, 0.5) is 5.69 Å². The summed E-state index contributed by atoms with van der Waals surface area (Å²) < 4.78 is 5.98. The molecule has 3 aromatic rings. The Balaban J connectivity index is 1.90. The lowest BCUT2D eigenvalue weighted by molar-refractivity contribution is -0.384. The number of hydrogen-bond donors (Lipinski definition) is 0. The molecule has 0 unspecified atom stereocenters. The summed E-state index contributed by atoms with van der Waals surface area (Å²) >= 11 is 0. The number of non-ortho nitro benzene ring substituents is 1. The van der Waals surface area contributed by atoms with Crippen LogP contribution in [0.3, 0.4) is 0 Å². The molecule has 0 N–H and O–H groups in total. The van der Waals surface area contributed by atoms with Crippen molar-refractivity contribution in [2.75, 3.05) is 0 Å². The Bertz CT molecular complexity index is 860. The van der Waals surface area contributed by atoms with E-state index in [-0.39, 0.29) is 10.6 Å². The first-order valence-corrected chi connectivity index (χ1v) is 7.66. The summed E-state index contributed by atoms with van der Waals surface area (Å²) in [6, 6.07) is 22.6. The average Bonchev–Trinajstić information content (AvgIpc) is 2.61. The second kappa shape index (κ2) is 6.96. The highest BCUT2D eigenvalue weighted by atomic mass is 16.6. The Morgan fingerprint density at radius 1 is 0.917 bits per heavy atom. The second-order valence-electron chi connectivity index (χ2n) is 5.53. The molecule has 3 rings (SSSR count). The van der Waals surface area contributed by atoms with E-state index >= 15 is 0 Å². The predicted molar refractivity (Wildman–Crippen MR) is 94.0 cm³/mol. The Kier molecular flexibility index (Phi) is 4.57. The molecule has 0 aromatic heterocycles.